The number of ether oxygens (including phenoxy) is 1. The number of aryl methyl sites for hydroxylation is 1. The van der Waals surface area contributed by atoms with Gasteiger partial charge in [0, 0.05) is 5.56 Å². The van der Waals surface area contributed by atoms with Crippen molar-refractivity contribution in [3.05, 3.63) is 28.3 Å². The highest BCUT2D eigenvalue weighted by Gasteiger charge is 2.32. The van der Waals surface area contributed by atoms with Crippen LogP contribution >= 0.6 is 11.6 Å². The van der Waals surface area contributed by atoms with E-state index in [0.717, 1.165) is 6.07 Å². The molecule has 1 aromatic carbocycles. The molecule has 0 saturated carbocycles. The minimum absolute atomic E-state index is 0.156. The van der Waals surface area contributed by atoms with Gasteiger partial charge in [-0.05, 0) is 31.5 Å². The van der Waals surface area contributed by atoms with Crippen LogP contribution in [-0.4, -0.2) is 12.1 Å². The average molecular weight is 253 g/mol. The summed E-state index contributed by atoms with van der Waals surface area (Å²) in [6.45, 7) is 2.84. The van der Waals surface area contributed by atoms with E-state index in [1.165, 1.54) is 13.0 Å². The fraction of sp³-hybridized carbons (Fsp3) is 0.300. The van der Waals surface area contributed by atoms with Crippen LogP contribution in [0.2, 0.25) is 5.02 Å². The first kappa shape index (κ1) is 12.8. The zero-order valence-electron chi connectivity index (χ0n) is 8.48. The Morgan fingerprint density at radius 2 is 1.94 bits per heavy atom. The van der Waals surface area contributed by atoms with Crippen LogP contribution in [-0.2, 0) is 0 Å². The van der Waals surface area contributed by atoms with Gasteiger partial charge in [-0.3, -0.25) is 4.79 Å². The lowest BCUT2D eigenvalue weighted by Crippen LogP contribution is -2.17. The Labute approximate surface area is 95.0 Å². The highest BCUT2D eigenvalue weighted by Crippen LogP contribution is 2.32. The smallest absolute Gasteiger partial charge is 0.404 e. The van der Waals surface area contributed by atoms with Gasteiger partial charge in [-0.1, -0.05) is 11.6 Å². The monoisotopic (exact) mass is 252 g/mol. The van der Waals surface area contributed by atoms with E-state index < -0.39 is 12.1 Å². The molecule has 0 unspecified atom stereocenters. The first-order chi connectivity index (χ1) is 7.20. The predicted molar refractivity (Wildman–Crippen MR) is 52.9 cm³/mol. The van der Waals surface area contributed by atoms with Crippen molar-refractivity contribution in [1.29, 1.82) is 0 Å². The molecule has 0 aliphatic rings. The summed E-state index contributed by atoms with van der Waals surface area (Å²) in [4.78, 5) is 11.1. The Balaban J connectivity index is 3.20. The Kier molecular flexibility index (Phi) is 3.48. The number of carbonyl (C=O) groups is 1. The topological polar surface area (TPSA) is 26.3 Å². The Morgan fingerprint density at radius 1 is 1.38 bits per heavy atom. The van der Waals surface area contributed by atoms with E-state index in [0.29, 0.717) is 5.56 Å². The highest BCUT2D eigenvalue weighted by molar-refractivity contribution is 6.32. The van der Waals surface area contributed by atoms with Gasteiger partial charge in [0.1, 0.15) is 5.75 Å². The molecule has 0 fully saturated rings. The molecular formula is C10H8ClF3O2. The molecule has 0 bridgehead atoms. The molecule has 0 N–H and O–H groups in total. The third-order valence-electron chi connectivity index (χ3n) is 1.88. The summed E-state index contributed by atoms with van der Waals surface area (Å²) in [6, 6.07) is 2.26. The molecule has 88 valence electrons. The zero-order chi connectivity index (χ0) is 12.5. The molecule has 0 heterocycles. The fourth-order valence-electron chi connectivity index (χ4n) is 1.24. The molecule has 2 nitrogen and oxygen atoms in total. The first-order valence-electron chi connectivity index (χ1n) is 4.27. The number of alkyl halides is 3. The van der Waals surface area contributed by atoms with Gasteiger partial charge in [-0.25, -0.2) is 0 Å². The van der Waals surface area contributed by atoms with Crippen LogP contribution < -0.4 is 4.74 Å². The number of hydrogen-bond donors (Lipinski definition) is 0. The normalized spacial score (nSPS) is 11.4. The van der Waals surface area contributed by atoms with Crippen LogP contribution in [0, 0.1) is 6.92 Å². The molecule has 0 saturated heterocycles. The van der Waals surface area contributed by atoms with Gasteiger partial charge < -0.3 is 4.74 Å². The zero-order valence-corrected chi connectivity index (χ0v) is 9.24. The molecular weight excluding hydrogens is 245 g/mol. The van der Waals surface area contributed by atoms with Crippen molar-refractivity contribution in [1.82, 2.24) is 0 Å². The van der Waals surface area contributed by atoms with Crippen molar-refractivity contribution < 1.29 is 22.7 Å². The van der Waals surface area contributed by atoms with Gasteiger partial charge >= 0.3 is 6.36 Å². The molecule has 1 rings (SSSR count). The van der Waals surface area contributed by atoms with Crippen molar-refractivity contribution in [3.63, 3.8) is 0 Å². The van der Waals surface area contributed by atoms with E-state index in [2.05, 4.69) is 4.74 Å². The van der Waals surface area contributed by atoms with E-state index in [1.54, 1.807) is 6.92 Å². The van der Waals surface area contributed by atoms with E-state index in [1.807, 2.05) is 0 Å². The van der Waals surface area contributed by atoms with Crippen LogP contribution in [0.25, 0.3) is 0 Å². The SMILES string of the molecule is CC(=O)c1cc(OC(F)(F)F)c(Cl)cc1C. The van der Waals surface area contributed by atoms with E-state index in [4.69, 9.17) is 11.6 Å². The number of rotatable bonds is 2. The number of Topliss-reactive ketones (excluding diaryl/α,β-unsaturated/α-hetero) is 1. The van der Waals surface area contributed by atoms with Crippen LogP contribution in [0.3, 0.4) is 0 Å². The van der Waals surface area contributed by atoms with Crippen LogP contribution in [0.1, 0.15) is 22.8 Å². The molecule has 6 heteroatoms. The second-order valence-electron chi connectivity index (χ2n) is 3.20. The Bertz CT molecular complexity index is 427. The lowest BCUT2D eigenvalue weighted by atomic mass is 10.1. The lowest BCUT2D eigenvalue weighted by Gasteiger charge is -2.12. The molecule has 16 heavy (non-hydrogen) atoms. The number of ketones is 1. The van der Waals surface area contributed by atoms with Gasteiger partial charge in [-0.15, -0.1) is 13.2 Å². The molecule has 0 amide bonds. The standard InChI is InChI=1S/C10H8ClF3O2/c1-5-3-8(11)9(16-10(12,13)14)4-7(5)6(2)15/h3-4H,1-2H3. The van der Waals surface area contributed by atoms with Gasteiger partial charge in [0.15, 0.2) is 5.78 Å². The fourth-order valence-corrected chi connectivity index (χ4v) is 1.49. The maximum absolute atomic E-state index is 12.0. The lowest BCUT2D eigenvalue weighted by molar-refractivity contribution is -0.274. The second-order valence-corrected chi connectivity index (χ2v) is 3.61. The summed E-state index contributed by atoms with van der Waals surface area (Å²) in [5.41, 5.74) is 0.663. The van der Waals surface area contributed by atoms with Gasteiger partial charge in [0.25, 0.3) is 0 Å². The molecule has 1 aromatic rings. The summed E-state index contributed by atoms with van der Waals surface area (Å²) >= 11 is 5.58. The molecule has 0 atom stereocenters. The van der Waals surface area contributed by atoms with Crippen LogP contribution in [0.15, 0.2) is 12.1 Å². The highest BCUT2D eigenvalue weighted by atomic mass is 35.5. The van der Waals surface area contributed by atoms with Crippen molar-refractivity contribution in [3.8, 4) is 5.75 Å². The third-order valence-corrected chi connectivity index (χ3v) is 2.18. The Hall–Kier alpha value is -1.23. The van der Waals surface area contributed by atoms with Crippen molar-refractivity contribution in [2.24, 2.45) is 0 Å². The summed E-state index contributed by atoms with van der Waals surface area (Å²) in [5, 5.41) is -0.181. The molecule has 0 spiro atoms. The average Bonchev–Trinajstić information content (AvgIpc) is 2.07. The predicted octanol–water partition coefficient (Wildman–Crippen LogP) is 3.75. The third kappa shape index (κ3) is 3.13. The van der Waals surface area contributed by atoms with Crippen LogP contribution in [0.4, 0.5) is 13.2 Å². The minimum atomic E-state index is -4.83. The number of carbonyl (C=O) groups excluding carboxylic acids is 1. The second kappa shape index (κ2) is 4.33. The van der Waals surface area contributed by atoms with E-state index >= 15 is 0 Å². The summed E-state index contributed by atoms with van der Waals surface area (Å²) in [7, 11) is 0. The number of hydrogen-bond acceptors (Lipinski definition) is 2. The molecule has 0 radical (unpaired) electrons. The summed E-state index contributed by atoms with van der Waals surface area (Å²) < 4.78 is 39.7. The Morgan fingerprint density at radius 3 is 2.38 bits per heavy atom. The van der Waals surface area contributed by atoms with Gasteiger partial charge in [0.05, 0.1) is 5.02 Å². The summed E-state index contributed by atoms with van der Waals surface area (Å²) in [5.74, 6) is -0.911. The van der Waals surface area contributed by atoms with Crippen molar-refractivity contribution in [2.45, 2.75) is 20.2 Å². The quantitative estimate of drug-likeness (QED) is 0.750. The maximum atomic E-state index is 12.0. The molecule has 0 aromatic heterocycles. The van der Waals surface area contributed by atoms with Crippen molar-refractivity contribution in [2.75, 3.05) is 0 Å². The molecule has 0 aliphatic carbocycles. The van der Waals surface area contributed by atoms with Crippen molar-refractivity contribution >= 4 is 17.4 Å². The number of halogens is 4. The summed E-state index contributed by atoms with van der Waals surface area (Å²) in [6.07, 6.45) is -4.83. The minimum Gasteiger partial charge on any atom is -0.404 e. The van der Waals surface area contributed by atoms with E-state index in [9.17, 15) is 18.0 Å². The van der Waals surface area contributed by atoms with E-state index in [-0.39, 0.29) is 16.4 Å². The van der Waals surface area contributed by atoms with Crippen LogP contribution in [0.5, 0.6) is 5.75 Å². The number of benzene rings is 1. The van der Waals surface area contributed by atoms with Gasteiger partial charge in [0.2, 0.25) is 0 Å². The largest absolute Gasteiger partial charge is 0.573 e. The maximum Gasteiger partial charge on any atom is 0.573 e. The van der Waals surface area contributed by atoms with Gasteiger partial charge in [-0.2, -0.15) is 0 Å². The molecule has 0 aliphatic heterocycles. The first-order valence-corrected chi connectivity index (χ1v) is 4.65.